The fourth-order valence-electron chi connectivity index (χ4n) is 3.30. The lowest BCUT2D eigenvalue weighted by atomic mass is 9.85. The first-order valence-electron chi connectivity index (χ1n) is 9.65. The second kappa shape index (κ2) is 9.89. The molecule has 5 nitrogen and oxygen atoms in total. The Kier molecular flexibility index (Phi) is 7.03. The minimum atomic E-state index is -0.784. The molecule has 0 spiro atoms. The zero-order valence-corrected chi connectivity index (χ0v) is 17.6. The van der Waals surface area contributed by atoms with E-state index >= 15 is 0 Å². The van der Waals surface area contributed by atoms with E-state index in [2.05, 4.69) is 0 Å². The molecule has 0 bridgehead atoms. The maximum Gasteiger partial charge on any atom is 0.170 e. The topological polar surface area (TPSA) is 61.8 Å². The molecule has 0 amide bonds. The van der Waals surface area contributed by atoms with Crippen LogP contribution in [0.2, 0.25) is 0 Å². The summed E-state index contributed by atoms with van der Waals surface area (Å²) in [6.45, 7) is 0. The summed E-state index contributed by atoms with van der Waals surface area (Å²) in [6.07, 6.45) is -0.180. The molecule has 0 saturated carbocycles. The normalized spacial score (nSPS) is 11.5. The summed E-state index contributed by atoms with van der Waals surface area (Å²) in [7, 11) is 4.51. The molecule has 6 heteroatoms. The zero-order valence-electron chi connectivity index (χ0n) is 17.6. The van der Waals surface area contributed by atoms with Crippen LogP contribution in [-0.2, 0) is 0 Å². The van der Waals surface area contributed by atoms with Crippen LogP contribution >= 0.6 is 0 Å². The van der Waals surface area contributed by atoms with Crippen molar-refractivity contribution in [2.45, 2.75) is 12.3 Å². The predicted molar refractivity (Wildman–Crippen MR) is 115 cm³/mol. The Morgan fingerprint density at radius 3 is 1.81 bits per heavy atom. The van der Waals surface area contributed by atoms with E-state index < -0.39 is 17.5 Å². The van der Waals surface area contributed by atoms with E-state index in [0.717, 1.165) is 6.07 Å². The van der Waals surface area contributed by atoms with Crippen molar-refractivity contribution in [2.24, 2.45) is 0 Å². The predicted octanol–water partition coefficient (Wildman–Crippen LogP) is 5.09. The molecule has 3 aromatic rings. The molecule has 3 aromatic carbocycles. The monoisotopic (exact) mass is 422 g/mol. The smallest absolute Gasteiger partial charge is 0.170 e. The number of carbonyl (C=O) groups is 2. The van der Waals surface area contributed by atoms with Crippen molar-refractivity contribution in [3.8, 4) is 17.2 Å². The Morgan fingerprint density at radius 2 is 1.29 bits per heavy atom. The molecular formula is C25H23FO5. The van der Waals surface area contributed by atoms with Crippen LogP contribution in [0.1, 0.15) is 38.6 Å². The van der Waals surface area contributed by atoms with Gasteiger partial charge in [0.2, 0.25) is 0 Å². The average Bonchev–Trinajstić information content (AvgIpc) is 2.82. The Labute approximate surface area is 180 Å². The van der Waals surface area contributed by atoms with Crippen molar-refractivity contribution in [3.63, 3.8) is 0 Å². The van der Waals surface area contributed by atoms with Crippen molar-refractivity contribution >= 4 is 11.6 Å². The van der Waals surface area contributed by atoms with Crippen LogP contribution in [0, 0.1) is 5.82 Å². The van der Waals surface area contributed by atoms with Crippen molar-refractivity contribution < 1.29 is 28.2 Å². The van der Waals surface area contributed by atoms with E-state index in [-0.39, 0.29) is 17.8 Å². The van der Waals surface area contributed by atoms with Gasteiger partial charge in [-0.05, 0) is 54.1 Å². The van der Waals surface area contributed by atoms with Crippen molar-refractivity contribution in [1.29, 1.82) is 0 Å². The summed E-state index contributed by atoms with van der Waals surface area (Å²) < 4.78 is 29.7. The number of carbonyl (C=O) groups excluding carboxylic acids is 2. The molecule has 0 aliphatic carbocycles. The van der Waals surface area contributed by atoms with Crippen LogP contribution < -0.4 is 14.2 Å². The fourth-order valence-corrected chi connectivity index (χ4v) is 3.30. The number of ketones is 2. The van der Waals surface area contributed by atoms with Gasteiger partial charge < -0.3 is 14.2 Å². The lowest BCUT2D eigenvalue weighted by molar-refractivity contribution is 0.0891. The van der Waals surface area contributed by atoms with E-state index in [0.29, 0.717) is 28.4 Å². The molecule has 0 N–H and O–H groups in total. The molecule has 0 heterocycles. The molecule has 160 valence electrons. The molecule has 0 radical (unpaired) electrons. The SMILES string of the molecule is COc1ccc(C(=O)C(CC(=O)c2ccc(OC)cc2F)c2ccc(OC)cc2)cc1. The number of halogens is 1. The lowest BCUT2D eigenvalue weighted by Gasteiger charge is -2.17. The van der Waals surface area contributed by atoms with Crippen molar-refractivity contribution in [2.75, 3.05) is 21.3 Å². The molecule has 31 heavy (non-hydrogen) atoms. The number of methoxy groups -OCH3 is 3. The summed E-state index contributed by atoms with van der Waals surface area (Å²) in [5.74, 6) is -0.614. The van der Waals surface area contributed by atoms with Gasteiger partial charge in [0.25, 0.3) is 0 Å². The third-order valence-corrected chi connectivity index (χ3v) is 5.08. The van der Waals surface area contributed by atoms with E-state index in [9.17, 15) is 14.0 Å². The highest BCUT2D eigenvalue weighted by molar-refractivity contribution is 6.06. The molecule has 3 rings (SSSR count). The van der Waals surface area contributed by atoms with Gasteiger partial charge in [-0.25, -0.2) is 4.39 Å². The van der Waals surface area contributed by atoms with E-state index in [1.165, 1.54) is 19.2 Å². The van der Waals surface area contributed by atoms with E-state index in [1.54, 1.807) is 62.8 Å². The van der Waals surface area contributed by atoms with Crippen LogP contribution in [0.3, 0.4) is 0 Å². The molecular weight excluding hydrogens is 399 g/mol. The van der Waals surface area contributed by atoms with Gasteiger partial charge in [0, 0.05) is 18.1 Å². The molecule has 1 unspecified atom stereocenters. The van der Waals surface area contributed by atoms with E-state index in [1.807, 2.05) is 0 Å². The van der Waals surface area contributed by atoms with Gasteiger partial charge in [-0.1, -0.05) is 12.1 Å². The first-order valence-corrected chi connectivity index (χ1v) is 9.65. The van der Waals surface area contributed by atoms with E-state index in [4.69, 9.17) is 14.2 Å². The first kappa shape index (κ1) is 22.0. The summed E-state index contributed by atoms with van der Waals surface area (Å²) in [6, 6.07) is 17.6. The number of hydrogen-bond acceptors (Lipinski definition) is 5. The van der Waals surface area contributed by atoms with Gasteiger partial charge in [-0.3, -0.25) is 9.59 Å². The van der Waals surface area contributed by atoms with Crippen molar-refractivity contribution in [3.05, 3.63) is 89.2 Å². The highest BCUT2D eigenvalue weighted by atomic mass is 19.1. The van der Waals surface area contributed by atoms with Gasteiger partial charge in [0.1, 0.15) is 23.1 Å². The molecule has 0 aliphatic rings. The Balaban J connectivity index is 1.94. The van der Waals surface area contributed by atoms with Gasteiger partial charge in [0.05, 0.1) is 32.8 Å². The summed E-state index contributed by atoms with van der Waals surface area (Å²) in [5.41, 5.74) is 0.996. The molecule has 0 saturated heterocycles. The van der Waals surface area contributed by atoms with Gasteiger partial charge >= 0.3 is 0 Å². The Bertz CT molecular complexity index is 1060. The second-order valence-corrected chi connectivity index (χ2v) is 6.89. The Hall–Kier alpha value is -3.67. The standard InChI is InChI=1S/C25H23FO5/c1-29-18-8-4-16(5-9-18)22(25(28)17-6-10-19(30-2)11-7-17)15-24(27)21-13-12-20(31-3)14-23(21)26/h4-14,22H,15H2,1-3H3. The first-order chi connectivity index (χ1) is 15.0. The Morgan fingerprint density at radius 1 is 0.774 bits per heavy atom. The van der Waals surface area contributed by atoms with Gasteiger partial charge in [0.15, 0.2) is 11.6 Å². The van der Waals surface area contributed by atoms with Crippen LogP contribution in [0.4, 0.5) is 4.39 Å². The molecule has 0 fully saturated rings. The van der Waals surface area contributed by atoms with Gasteiger partial charge in [-0.2, -0.15) is 0 Å². The highest BCUT2D eigenvalue weighted by Crippen LogP contribution is 2.29. The van der Waals surface area contributed by atoms with Crippen LogP contribution in [-0.4, -0.2) is 32.9 Å². The van der Waals surface area contributed by atoms with Crippen LogP contribution in [0.25, 0.3) is 0 Å². The van der Waals surface area contributed by atoms with Gasteiger partial charge in [-0.15, -0.1) is 0 Å². The summed E-state index contributed by atoms with van der Waals surface area (Å²) in [5, 5.41) is 0. The largest absolute Gasteiger partial charge is 0.497 e. The minimum absolute atomic E-state index is 0.0816. The minimum Gasteiger partial charge on any atom is -0.497 e. The fraction of sp³-hybridized carbons (Fsp3) is 0.200. The van der Waals surface area contributed by atoms with Crippen molar-refractivity contribution in [1.82, 2.24) is 0 Å². The maximum absolute atomic E-state index is 14.4. The summed E-state index contributed by atoms with van der Waals surface area (Å²) >= 11 is 0. The third kappa shape index (κ3) is 5.09. The summed E-state index contributed by atoms with van der Waals surface area (Å²) in [4.78, 5) is 26.2. The highest BCUT2D eigenvalue weighted by Gasteiger charge is 2.27. The lowest BCUT2D eigenvalue weighted by Crippen LogP contribution is -2.18. The number of rotatable bonds is 9. The number of Topliss-reactive ketones (excluding diaryl/α,β-unsaturated/α-hetero) is 2. The second-order valence-electron chi connectivity index (χ2n) is 6.89. The third-order valence-electron chi connectivity index (χ3n) is 5.08. The zero-order chi connectivity index (χ0) is 22.4. The quantitative estimate of drug-likeness (QED) is 0.450. The molecule has 0 aliphatic heterocycles. The number of ether oxygens (including phenoxy) is 3. The van der Waals surface area contributed by atoms with Crippen LogP contribution in [0.15, 0.2) is 66.7 Å². The molecule has 0 aromatic heterocycles. The average molecular weight is 422 g/mol. The van der Waals surface area contributed by atoms with Crippen LogP contribution in [0.5, 0.6) is 17.2 Å². The maximum atomic E-state index is 14.4. The number of benzene rings is 3. The molecule has 1 atom stereocenters. The number of hydrogen-bond donors (Lipinski definition) is 0.